The minimum atomic E-state index is -3.13. The summed E-state index contributed by atoms with van der Waals surface area (Å²) in [4.78, 5) is 4.08. The molecule has 1 rings (SSSR count). The molecule has 0 bridgehead atoms. The van der Waals surface area contributed by atoms with Crippen molar-refractivity contribution in [3.8, 4) is 0 Å². The number of hydrogen-bond donors (Lipinski definition) is 2. The van der Waals surface area contributed by atoms with Crippen molar-refractivity contribution in [2.24, 2.45) is 4.99 Å². The number of hydrogen-bond acceptors (Lipinski definition) is 5. The summed E-state index contributed by atoms with van der Waals surface area (Å²) in [5.74, 6) is 1.38. The molecule has 1 heterocycles. The van der Waals surface area contributed by atoms with Crippen molar-refractivity contribution >= 4 is 15.8 Å². The molecule has 132 valence electrons. The molecule has 0 aromatic carbocycles. The van der Waals surface area contributed by atoms with Gasteiger partial charge in [0.05, 0.1) is 11.0 Å². The molecule has 0 aliphatic heterocycles. The van der Waals surface area contributed by atoms with E-state index in [0.717, 1.165) is 12.2 Å². The Labute approximate surface area is 138 Å². The third-order valence-electron chi connectivity index (χ3n) is 3.49. The lowest BCUT2D eigenvalue weighted by Crippen LogP contribution is -2.47. The first kappa shape index (κ1) is 19.5. The molecule has 23 heavy (non-hydrogen) atoms. The molecule has 0 amide bonds. The predicted molar refractivity (Wildman–Crippen MR) is 91.3 cm³/mol. The van der Waals surface area contributed by atoms with Crippen molar-refractivity contribution in [3.05, 3.63) is 24.2 Å². The average Bonchev–Trinajstić information content (AvgIpc) is 2.97. The van der Waals surface area contributed by atoms with Crippen molar-refractivity contribution < 1.29 is 17.6 Å². The van der Waals surface area contributed by atoms with Crippen LogP contribution in [0.3, 0.4) is 0 Å². The molecule has 8 heteroatoms. The second-order valence-corrected chi connectivity index (χ2v) is 8.52. The molecule has 0 saturated heterocycles. The lowest BCUT2D eigenvalue weighted by Gasteiger charge is -2.24. The van der Waals surface area contributed by atoms with E-state index in [1.54, 1.807) is 27.2 Å². The third-order valence-corrected chi connectivity index (χ3v) is 5.64. The topological polar surface area (TPSA) is 92.9 Å². The Kier molecular flexibility index (Phi) is 7.57. The molecule has 0 aliphatic rings. The van der Waals surface area contributed by atoms with Crippen LogP contribution in [0.15, 0.2) is 27.8 Å². The summed E-state index contributed by atoms with van der Waals surface area (Å²) in [5.41, 5.74) is 0. The summed E-state index contributed by atoms with van der Waals surface area (Å²) in [6, 6.07) is 3.70. The van der Waals surface area contributed by atoms with Crippen LogP contribution in [0.5, 0.6) is 0 Å². The highest BCUT2D eigenvalue weighted by molar-refractivity contribution is 7.92. The SMILES string of the molecule is CN=C(NCCCOCc1ccco1)NCC(C)(C)S(C)(=O)=O. The van der Waals surface area contributed by atoms with Crippen molar-refractivity contribution in [2.45, 2.75) is 31.6 Å². The van der Waals surface area contributed by atoms with E-state index in [2.05, 4.69) is 15.6 Å². The molecule has 1 aromatic rings. The zero-order valence-corrected chi connectivity index (χ0v) is 15.1. The van der Waals surface area contributed by atoms with Gasteiger partial charge in [-0.2, -0.15) is 0 Å². The highest BCUT2D eigenvalue weighted by atomic mass is 32.2. The van der Waals surface area contributed by atoms with Gasteiger partial charge in [-0.1, -0.05) is 0 Å². The summed E-state index contributed by atoms with van der Waals surface area (Å²) in [6.07, 6.45) is 3.66. The minimum absolute atomic E-state index is 0.292. The van der Waals surface area contributed by atoms with E-state index in [0.29, 0.717) is 32.3 Å². The van der Waals surface area contributed by atoms with E-state index >= 15 is 0 Å². The highest BCUT2D eigenvalue weighted by Gasteiger charge is 2.30. The van der Waals surface area contributed by atoms with Gasteiger partial charge in [-0.25, -0.2) is 8.42 Å². The summed E-state index contributed by atoms with van der Waals surface area (Å²) < 4.78 is 33.1. The largest absolute Gasteiger partial charge is 0.467 e. The maximum atomic E-state index is 11.7. The van der Waals surface area contributed by atoms with Crippen molar-refractivity contribution in [3.63, 3.8) is 0 Å². The molecule has 0 unspecified atom stereocenters. The van der Waals surface area contributed by atoms with Crippen LogP contribution in [0, 0.1) is 0 Å². The number of aliphatic imine (C=N–C) groups is 1. The van der Waals surface area contributed by atoms with E-state index in [1.807, 2.05) is 12.1 Å². The highest BCUT2D eigenvalue weighted by Crippen LogP contribution is 2.13. The van der Waals surface area contributed by atoms with Gasteiger partial charge in [0, 0.05) is 33.0 Å². The van der Waals surface area contributed by atoms with Crippen LogP contribution in [0.1, 0.15) is 26.0 Å². The number of ether oxygens (including phenoxy) is 1. The van der Waals surface area contributed by atoms with E-state index in [4.69, 9.17) is 9.15 Å². The van der Waals surface area contributed by atoms with E-state index in [9.17, 15) is 8.42 Å². The summed E-state index contributed by atoms with van der Waals surface area (Å²) in [6.45, 7) is 5.40. The fourth-order valence-corrected chi connectivity index (χ4v) is 1.93. The fraction of sp³-hybridized carbons (Fsp3) is 0.667. The Morgan fingerprint density at radius 3 is 2.70 bits per heavy atom. The zero-order valence-electron chi connectivity index (χ0n) is 14.3. The molecule has 0 fully saturated rings. The van der Waals surface area contributed by atoms with Crippen LogP contribution in [-0.4, -0.2) is 52.1 Å². The van der Waals surface area contributed by atoms with Crippen molar-refractivity contribution in [2.75, 3.05) is 33.0 Å². The standard InChI is InChI=1S/C15H27N3O4S/c1-15(2,23(4,19)20)12-18-14(16-3)17-8-6-9-21-11-13-7-5-10-22-13/h5,7,10H,6,8-9,11-12H2,1-4H3,(H2,16,17,18). The van der Waals surface area contributed by atoms with E-state index in [-0.39, 0.29) is 0 Å². The normalized spacial score (nSPS) is 13.1. The summed E-state index contributed by atoms with van der Waals surface area (Å²) in [7, 11) is -1.49. The molecule has 0 atom stereocenters. The average molecular weight is 345 g/mol. The molecule has 0 radical (unpaired) electrons. The molecule has 0 saturated carbocycles. The van der Waals surface area contributed by atoms with Crippen LogP contribution >= 0.6 is 0 Å². The molecular formula is C15H27N3O4S. The zero-order chi connectivity index (χ0) is 17.3. The van der Waals surface area contributed by atoms with Crippen LogP contribution in [0.2, 0.25) is 0 Å². The Morgan fingerprint density at radius 2 is 2.13 bits per heavy atom. The van der Waals surface area contributed by atoms with Gasteiger partial charge in [-0.05, 0) is 32.4 Å². The van der Waals surface area contributed by atoms with Gasteiger partial charge >= 0.3 is 0 Å². The van der Waals surface area contributed by atoms with Crippen molar-refractivity contribution in [1.29, 1.82) is 0 Å². The van der Waals surface area contributed by atoms with Crippen LogP contribution in [-0.2, 0) is 21.2 Å². The maximum Gasteiger partial charge on any atom is 0.191 e. The van der Waals surface area contributed by atoms with Gasteiger partial charge < -0.3 is 19.8 Å². The quantitative estimate of drug-likeness (QED) is 0.396. The number of sulfone groups is 1. The number of nitrogens with one attached hydrogen (secondary N) is 2. The fourth-order valence-electron chi connectivity index (χ4n) is 1.60. The van der Waals surface area contributed by atoms with E-state index < -0.39 is 14.6 Å². The van der Waals surface area contributed by atoms with Crippen LogP contribution < -0.4 is 10.6 Å². The lowest BCUT2D eigenvalue weighted by molar-refractivity contribution is 0.105. The van der Waals surface area contributed by atoms with E-state index in [1.165, 1.54) is 6.26 Å². The smallest absolute Gasteiger partial charge is 0.191 e. The van der Waals surface area contributed by atoms with Gasteiger partial charge in [0.25, 0.3) is 0 Å². The first-order valence-corrected chi connectivity index (χ1v) is 9.39. The number of nitrogens with zero attached hydrogens (tertiary/aromatic N) is 1. The van der Waals surface area contributed by atoms with Gasteiger partial charge in [0.15, 0.2) is 15.8 Å². The van der Waals surface area contributed by atoms with Crippen LogP contribution in [0.4, 0.5) is 0 Å². The lowest BCUT2D eigenvalue weighted by atomic mass is 10.2. The maximum absolute atomic E-state index is 11.7. The second kappa shape index (κ2) is 8.93. The Bertz CT molecular complexity index is 580. The molecule has 0 aliphatic carbocycles. The van der Waals surface area contributed by atoms with Crippen molar-refractivity contribution in [1.82, 2.24) is 10.6 Å². The van der Waals surface area contributed by atoms with Gasteiger partial charge in [0.2, 0.25) is 0 Å². The third kappa shape index (κ3) is 7.04. The van der Waals surface area contributed by atoms with Gasteiger partial charge in [-0.15, -0.1) is 0 Å². The predicted octanol–water partition coefficient (Wildman–Crippen LogP) is 1.17. The first-order chi connectivity index (χ1) is 10.8. The number of guanidine groups is 1. The summed E-state index contributed by atoms with van der Waals surface area (Å²) in [5, 5.41) is 6.16. The van der Waals surface area contributed by atoms with Gasteiger partial charge in [0.1, 0.15) is 12.4 Å². The number of furan rings is 1. The Morgan fingerprint density at radius 1 is 1.39 bits per heavy atom. The Balaban J connectivity index is 2.19. The Hall–Kier alpha value is -1.54. The molecule has 1 aromatic heterocycles. The molecule has 7 nitrogen and oxygen atoms in total. The molecular weight excluding hydrogens is 318 g/mol. The number of rotatable bonds is 9. The molecule has 2 N–H and O–H groups in total. The first-order valence-electron chi connectivity index (χ1n) is 7.50. The monoisotopic (exact) mass is 345 g/mol. The second-order valence-electron chi connectivity index (χ2n) is 5.87. The summed E-state index contributed by atoms with van der Waals surface area (Å²) >= 11 is 0. The molecule has 0 spiro atoms. The minimum Gasteiger partial charge on any atom is -0.467 e. The van der Waals surface area contributed by atoms with Gasteiger partial charge in [-0.3, -0.25) is 4.99 Å². The van der Waals surface area contributed by atoms with Crippen LogP contribution in [0.25, 0.3) is 0 Å².